The van der Waals surface area contributed by atoms with Crippen LogP contribution < -0.4 is 5.32 Å². The molecule has 1 fully saturated rings. The van der Waals surface area contributed by atoms with Gasteiger partial charge in [-0.05, 0) is 36.5 Å². The van der Waals surface area contributed by atoms with E-state index in [9.17, 15) is 4.39 Å². The van der Waals surface area contributed by atoms with Crippen LogP contribution in [0, 0.1) is 11.7 Å². The zero-order valence-corrected chi connectivity index (χ0v) is 13.7. The molecule has 0 aliphatic heterocycles. The third-order valence-electron chi connectivity index (χ3n) is 4.14. The first-order chi connectivity index (χ1) is 10.1. The molecule has 0 spiro atoms. The molecule has 1 aromatic rings. The maximum Gasteiger partial charge on any atom is 0.141 e. The number of halogens is 2. The Morgan fingerprint density at radius 3 is 2.67 bits per heavy atom. The van der Waals surface area contributed by atoms with Crippen molar-refractivity contribution in [1.82, 2.24) is 5.32 Å². The fraction of sp³-hybridized carbons (Fsp3) is 0.556. The molecule has 0 bridgehead atoms. The van der Waals surface area contributed by atoms with Gasteiger partial charge in [-0.3, -0.25) is 0 Å². The zero-order chi connectivity index (χ0) is 15.2. The van der Waals surface area contributed by atoms with Gasteiger partial charge in [0.2, 0.25) is 0 Å². The normalized spacial score (nSPS) is 17.5. The first-order valence-corrected chi connectivity index (χ1v) is 8.33. The van der Waals surface area contributed by atoms with Gasteiger partial charge in [0, 0.05) is 12.6 Å². The molecule has 1 aliphatic carbocycles. The minimum absolute atomic E-state index is 0.198. The van der Waals surface area contributed by atoms with E-state index in [1.807, 2.05) is 0 Å². The summed E-state index contributed by atoms with van der Waals surface area (Å²) in [4.78, 5) is 0. The second-order valence-electron chi connectivity index (χ2n) is 6.26. The third-order valence-corrected chi connectivity index (χ3v) is 4.43. The molecule has 1 N–H and O–H groups in total. The fourth-order valence-electron chi connectivity index (χ4n) is 2.92. The summed E-state index contributed by atoms with van der Waals surface area (Å²) in [5.74, 6) is 0.294. The molecule has 0 heterocycles. The maximum atomic E-state index is 13.3. The van der Waals surface area contributed by atoms with Crippen LogP contribution in [0.4, 0.5) is 4.39 Å². The summed E-state index contributed by atoms with van der Waals surface area (Å²) in [5, 5.41) is 3.71. The second kappa shape index (κ2) is 7.95. The SMILES string of the molecule is CC(C)NC/C(=C/c1ccc(F)c(Cl)c1)C1CCCCC1. The lowest BCUT2D eigenvalue weighted by molar-refractivity contribution is 0.394. The van der Waals surface area contributed by atoms with Gasteiger partial charge in [-0.15, -0.1) is 0 Å². The number of rotatable bonds is 5. The van der Waals surface area contributed by atoms with Crippen molar-refractivity contribution in [3.63, 3.8) is 0 Å². The number of hydrogen-bond acceptors (Lipinski definition) is 1. The Bertz CT molecular complexity index is 490. The van der Waals surface area contributed by atoms with Gasteiger partial charge < -0.3 is 5.32 Å². The largest absolute Gasteiger partial charge is 0.311 e. The van der Waals surface area contributed by atoms with Crippen LogP contribution in [0.25, 0.3) is 6.08 Å². The van der Waals surface area contributed by atoms with Crippen LogP contribution in [-0.2, 0) is 0 Å². The van der Waals surface area contributed by atoms with E-state index in [1.165, 1.54) is 43.7 Å². The highest BCUT2D eigenvalue weighted by Crippen LogP contribution is 2.31. The molecular weight excluding hydrogens is 285 g/mol. The van der Waals surface area contributed by atoms with Gasteiger partial charge in [0.05, 0.1) is 5.02 Å². The van der Waals surface area contributed by atoms with Crippen LogP contribution in [0.1, 0.15) is 51.5 Å². The Kier molecular flexibility index (Phi) is 6.25. The van der Waals surface area contributed by atoms with E-state index in [1.54, 1.807) is 12.1 Å². The maximum absolute atomic E-state index is 13.3. The Hall–Kier alpha value is -0.860. The number of nitrogens with one attached hydrogen (secondary N) is 1. The van der Waals surface area contributed by atoms with Crippen molar-refractivity contribution in [3.05, 3.63) is 40.2 Å². The average Bonchev–Trinajstić information content (AvgIpc) is 2.48. The standard InChI is InChI=1S/C18H25ClFN/c1-13(2)21-12-16(15-6-4-3-5-7-15)10-14-8-9-18(20)17(19)11-14/h8-11,13,15,21H,3-7,12H2,1-2H3/b16-10-. The van der Waals surface area contributed by atoms with E-state index in [0.717, 1.165) is 12.1 Å². The molecule has 0 saturated heterocycles. The lowest BCUT2D eigenvalue weighted by Crippen LogP contribution is -2.27. The highest BCUT2D eigenvalue weighted by atomic mass is 35.5. The van der Waals surface area contributed by atoms with E-state index in [2.05, 4.69) is 25.2 Å². The van der Waals surface area contributed by atoms with Gasteiger partial charge >= 0.3 is 0 Å². The van der Waals surface area contributed by atoms with E-state index < -0.39 is 0 Å². The van der Waals surface area contributed by atoms with Crippen molar-refractivity contribution in [2.75, 3.05) is 6.54 Å². The third kappa shape index (κ3) is 5.12. The monoisotopic (exact) mass is 309 g/mol. The summed E-state index contributed by atoms with van der Waals surface area (Å²) in [6.07, 6.45) is 8.70. The quantitative estimate of drug-likeness (QED) is 0.763. The Morgan fingerprint density at radius 2 is 2.05 bits per heavy atom. The van der Waals surface area contributed by atoms with Crippen LogP contribution in [-0.4, -0.2) is 12.6 Å². The van der Waals surface area contributed by atoms with Crippen molar-refractivity contribution >= 4 is 17.7 Å². The van der Waals surface area contributed by atoms with Crippen LogP contribution in [0.15, 0.2) is 23.8 Å². The molecule has 116 valence electrons. The van der Waals surface area contributed by atoms with E-state index in [0.29, 0.717) is 12.0 Å². The molecule has 3 heteroatoms. The van der Waals surface area contributed by atoms with Crippen molar-refractivity contribution in [3.8, 4) is 0 Å². The van der Waals surface area contributed by atoms with Gasteiger partial charge in [-0.25, -0.2) is 4.39 Å². The van der Waals surface area contributed by atoms with Crippen LogP contribution in [0.3, 0.4) is 0 Å². The fourth-order valence-corrected chi connectivity index (χ4v) is 3.11. The first-order valence-electron chi connectivity index (χ1n) is 7.95. The minimum Gasteiger partial charge on any atom is -0.311 e. The van der Waals surface area contributed by atoms with Crippen LogP contribution >= 0.6 is 11.6 Å². The second-order valence-corrected chi connectivity index (χ2v) is 6.67. The van der Waals surface area contributed by atoms with Crippen molar-refractivity contribution < 1.29 is 4.39 Å². The first kappa shape index (κ1) is 16.5. The summed E-state index contributed by atoms with van der Waals surface area (Å²) in [5.41, 5.74) is 2.42. The Balaban J connectivity index is 2.19. The number of hydrogen-bond donors (Lipinski definition) is 1. The molecule has 1 nitrogen and oxygen atoms in total. The summed E-state index contributed by atoms with van der Waals surface area (Å²) < 4.78 is 13.3. The highest BCUT2D eigenvalue weighted by molar-refractivity contribution is 6.30. The van der Waals surface area contributed by atoms with Crippen molar-refractivity contribution in [2.24, 2.45) is 5.92 Å². The Labute approximate surface area is 132 Å². The molecule has 0 radical (unpaired) electrons. The van der Waals surface area contributed by atoms with E-state index >= 15 is 0 Å². The lowest BCUT2D eigenvalue weighted by atomic mass is 9.83. The van der Waals surface area contributed by atoms with E-state index in [-0.39, 0.29) is 10.8 Å². The summed E-state index contributed by atoms with van der Waals surface area (Å²) in [7, 11) is 0. The number of benzene rings is 1. The minimum atomic E-state index is -0.353. The van der Waals surface area contributed by atoms with Gasteiger partial charge in [-0.2, -0.15) is 0 Å². The molecule has 0 atom stereocenters. The smallest absolute Gasteiger partial charge is 0.141 e. The predicted molar refractivity (Wildman–Crippen MR) is 89.1 cm³/mol. The molecule has 1 aromatic carbocycles. The average molecular weight is 310 g/mol. The molecular formula is C18H25ClFN. The zero-order valence-electron chi connectivity index (χ0n) is 13.0. The van der Waals surface area contributed by atoms with E-state index in [4.69, 9.17) is 11.6 Å². The van der Waals surface area contributed by atoms with Crippen LogP contribution in [0.2, 0.25) is 5.02 Å². The van der Waals surface area contributed by atoms with Gasteiger partial charge in [-0.1, -0.05) is 62.4 Å². The summed E-state index contributed by atoms with van der Waals surface area (Å²) >= 11 is 5.89. The van der Waals surface area contributed by atoms with Gasteiger partial charge in [0.25, 0.3) is 0 Å². The molecule has 0 amide bonds. The summed E-state index contributed by atoms with van der Waals surface area (Å²) in [6.45, 7) is 5.22. The van der Waals surface area contributed by atoms with Gasteiger partial charge in [0.15, 0.2) is 0 Å². The molecule has 1 aliphatic rings. The molecule has 2 rings (SSSR count). The highest BCUT2D eigenvalue weighted by Gasteiger charge is 2.18. The van der Waals surface area contributed by atoms with Crippen molar-refractivity contribution in [1.29, 1.82) is 0 Å². The van der Waals surface area contributed by atoms with Crippen molar-refractivity contribution in [2.45, 2.75) is 52.0 Å². The molecule has 21 heavy (non-hydrogen) atoms. The van der Waals surface area contributed by atoms with Gasteiger partial charge in [0.1, 0.15) is 5.82 Å². The predicted octanol–water partition coefficient (Wildman–Crippen LogP) is 5.44. The molecule has 1 saturated carbocycles. The topological polar surface area (TPSA) is 12.0 Å². The molecule has 0 unspecified atom stereocenters. The summed E-state index contributed by atoms with van der Waals surface area (Å²) in [6, 6.07) is 5.44. The lowest BCUT2D eigenvalue weighted by Gasteiger charge is -2.26. The Morgan fingerprint density at radius 1 is 1.33 bits per heavy atom. The molecule has 0 aromatic heterocycles. The van der Waals surface area contributed by atoms with Crippen LogP contribution in [0.5, 0.6) is 0 Å².